The highest BCUT2D eigenvalue weighted by Gasteiger charge is 2.07. The third-order valence-corrected chi connectivity index (χ3v) is 2.94. The van der Waals surface area contributed by atoms with Crippen molar-refractivity contribution in [3.63, 3.8) is 0 Å². The van der Waals surface area contributed by atoms with E-state index >= 15 is 0 Å². The number of anilines is 2. The fourth-order valence-electron chi connectivity index (χ4n) is 1.71. The van der Waals surface area contributed by atoms with E-state index in [0.29, 0.717) is 5.69 Å². The summed E-state index contributed by atoms with van der Waals surface area (Å²) in [6, 6.07) is 8.87. The summed E-state index contributed by atoms with van der Waals surface area (Å²) in [6.07, 6.45) is 1.57. The molecule has 0 aliphatic carbocycles. The van der Waals surface area contributed by atoms with Crippen molar-refractivity contribution in [2.45, 2.75) is 13.8 Å². The Morgan fingerprint density at radius 3 is 2.58 bits per heavy atom. The van der Waals surface area contributed by atoms with Crippen molar-refractivity contribution in [1.29, 1.82) is 0 Å². The van der Waals surface area contributed by atoms with Gasteiger partial charge in [-0.25, -0.2) is 9.78 Å². The highest BCUT2D eigenvalue weighted by molar-refractivity contribution is 6.32. The molecule has 0 radical (unpaired) electrons. The smallest absolute Gasteiger partial charge is 0.307 e. The average molecular weight is 276 g/mol. The number of nitrogens with one attached hydrogen (secondary N) is 2. The van der Waals surface area contributed by atoms with Crippen LogP contribution in [-0.4, -0.2) is 11.0 Å². The number of hydrogen-bond acceptors (Lipinski definition) is 2. The van der Waals surface area contributed by atoms with Gasteiger partial charge in [0.2, 0.25) is 0 Å². The topological polar surface area (TPSA) is 54.0 Å². The summed E-state index contributed by atoms with van der Waals surface area (Å²) in [5.74, 6) is 0. The fraction of sp³-hybridized carbons (Fsp3) is 0.143. The second-order valence-corrected chi connectivity index (χ2v) is 4.60. The first-order valence-electron chi connectivity index (χ1n) is 5.82. The molecule has 4 nitrogen and oxygen atoms in total. The Labute approximate surface area is 116 Å². The molecule has 0 saturated carbocycles. The van der Waals surface area contributed by atoms with Gasteiger partial charge >= 0.3 is 6.03 Å². The van der Waals surface area contributed by atoms with Crippen LogP contribution in [0.25, 0.3) is 0 Å². The molecule has 0 atom stereocenters. The van der Waals surface area contributed by atoms with Crippen LogP contribution in [0.2, 0.25) is 5.15 Å². The van der Waals surface area contributed by atoms with Gasteiger partial charge in [0.1, 0.15) is 0 Å². The van der Waals surface area contributed by atoms with E-state index in [1.165, 1.54) is 0 Å². The number of carbonyl (C=O) groups excluding carboxylic acids is 1. The molecule has 1 aromatic heterocycles. The third kappa shape index (κ3) is 3.45. The molecule has 0 bridgehead atoms. The first-order chi connectivity index (χ1) is 9.06. The first kappa shape index (κ1) is 13.4. The quantitative estimate of drug-likeness (QED) is 0.814. The van der Waals surface area contributed by atoms with E-state index in [-0.39, 0.29) is 11.2 Å². The zero-order valence-corrected chi connectivity index (χ0v) is 11.5. The van der Waals surface area contributed by atoms with Gasteiger partial charge in [0.25, 0.3) is 0 Å². The van der Waals surface area contributed by atoms with Gasteiger partial charge in [0.05, 0.1) is 5.69 Å². The second-order valence-electron chi connectivity index (χ2n) is 4.24. The summed E-state index contributed by atoms with van der Waals surface area (Å²) >= 11 is 5.87. The molecule has 0 unspecified atom stereocenters. The standard InChI is InChI=1S/C14H14ClN3O/c1-9-5-6-11(10(2)8-9)17-14(19)18-12-4-3-7-16-13(12)15/h3-8H,1-2H3,(H2,17,18,19). The molecule has 98 valence electrons. The number of amides is 2. The highest BCUT2D eigenvalue weighted by Crippen LogP contribution is 2.19. The van der Waals surface area contributed by atoms with Crippen LogP contribution in [0.3, 0.4) is 0 Å². The molecule has 0 aliphatic heterocycles. The van der Waals surface area contributed by atoms with Gasteiger partial charge in [-0.1, -0.05) is 29.3 Å². The molecule has 1 aromatic carbocycles. The molecule has 2 amide bonds. The average Bonchev–Trinajstić information content (AvgIpc) is 2.36. The van der Waals surface area contributed by atoms with E-state index < -0.39 is 0 Å². The van der Waals surface area contributed by atoms with Crippen molar-refractivity contribution in [1.82, 2.24) is 4.98 Å². The van der Waals surface area contributed by atoms with Crippen LogP contribution < -0.4 is 10.6 Å². The van der Waals surface area contributed by atoms with Gasteiger partial charge in [-0.05, 0) is 37.6 Å². The molecule has 2 aromatic rings. The number of benzene rings is 1. The van der Waals surface area contributed by atoms with Crippen molar-refractivity contribution >= 4 is 29.0 Å². The molecule has 19 heavy (non-hydrogen) atoms. The van der Waals surface area contributed by atoms with E-state index in [9.17, 15) is 4.79 Å². The second kappa shape index (κ2) is 5.71. The number of carbonyl (C=O) groups is 1. The Morgan fingerprint density at radius 1 is 1.16 bits per heavy atom. The van der Waals surface area contributed by atoms with Gasteiger partial charge in [-0.15, -0.1) is 0 Å². The monoisotopic (exact) mass is 275 g/mol. The molecule has 1 heterocycles. The Bertz CT molecular complexity index is 613. The number of nitrogens with zero attached hydrogens (tertiary/aromatic N) is 1. The summed E-state index contributed by atoms with van der Waals surface area (Å²) in [4.78, 5) is 15.8. The van der Waals surface area contributed by atoms with Crippen LogP contribution in [0.5, 0.6) is 0 Å². The van der Waals surface area contributed by atoms with Crippen molar-refractivity contribution in [2.75, 3.05) is 10.6 Å². The summed E-state index contributed by atoms with van der Waals surface area (Å²) in [5.41, 5.74) is 3.40. The molecule has 2 rings (SSSR count). The molecule has 5 heteroatoms. The summed E-state index contributed by atoms with van der Waals surface area (Å²) in [6.45, 7) is 3.95. The van der Waals surface area contributed by atoms with Gasteiger partial charge < -0.3 is 10.6 Å². The number of aryl methyl sites for hydroxylation is 2. The molecular weight excluding hydrogens is 262 g/mol. The fourth-order valence-corrected chi connectivity index (χ4v) is 1.88. The van der Waals surface area contributed by atoms with Crippen LogP contribution in [0.15, 0.2) is 36.5 Å². The van der Waals surface area contributed by atoms with Crippen LogP contribution in [0.1, 0.15) is 11.1 Å². The molecular formula is C14H14ClN3O. The van der Waals surface area contributed by atoms with E-state index in [0.717, 1.165) is 16.8 Å². The van der Waals surface area contributed by atoms with Crippen molar-refractivity contribution in [3.05, 3.63) is 52.8 Å². The lowest BCUT2D eigenvalue weighted by Crippen LogP contribution is -2.20. The molecule has 0 aliphatic rings. The number of hydrogen-bond donors (Lipinski definition) is 2. The van der Waals surface area contributed by atoms with Gasteiger partial charge in [0.15, 0.2) is 5.15 Å². The van der Waals surface area contributed by atoms with E-state index in [4.69, 9.17) is 11.6 Å². The zero-order valence-electron chi connectivity index (χ0n) is 10.7. The van der Waals surface area contributed by atoms with Crippen molar-refractivity contribution < 1.29 is 4.79 Å². The maximum absolute atomic E-state index is 11.9. The Morgan fingerprint density at radius 2 is 1.89 bits per heavy atom. The Hall–Kier alpha value is -2.07. The highest BCUT2D eigenvalue weighted by atomic mass is 35.5. The van der Waals surface area contributed by atoms with Crippen LogP contribution >= 0.6 is 11.6 Å². The zero-order chi connectivity index (χ0) is 13.8. The van der Waals surface area contributed by atoms with E-state index in [1.54, 1.807) is 18.3 Å². The minimum absolute atomic E-state index is 0.262. The van der Waals surface area contributed by atoms with Crippen LogP contribution in [0, 0.1) is 13.8 Å². The third-order valence-electron chi connectivity index (χ3n) is 2.64. The van der Waals surface area contributed by atoms with Gasteiger partial charge in [-0.3, -0.25) is 0 Å². The lowest BCUT2D eigenvalue weighted by Gasteiger charge is -2.10. The lowest BCUT2D eigenvalue weighted by molar-refractivity contribution is 0.262. The van der Waals surface area contributed by atoms with E-state index in [1.807, 2.05) is 32.0 Å². The van der Waals surface area contributed by atoms with Crippen LogP contribution in [0.4, 0.5) is 16.2 Å². The predicted molar refractivity (Wildman–Crippen MR) is 77.8 cm³/mol. The van der Waals surface area contributed by atoms with Gasteiger partial charge in [-0.2, -0.15) is 0 Å². The number of urea groups is 1. The largest absolute Gasteiger partial charge is 0.323 e. The van der Waals surface area contributed by atoms with Crippen LogP contribution in [-0.2, 0) is 0 Å². The number of aromatic nitrogens is 1. The lowest BCUT2D eigenvalue weighted by atomic mass is 10.1. The SMILES string of the molecule is Cc1ccc(NC(=O)Nc2cccnc2Cl)c(C)c1. The van der Waals surface area contributed by atoms with Gasteiger partial charge in [0, 0.05) is 11.9 Å². The molecule has 2 N–H and O–H groups in total. The molecule has 0 saturated heterocycles. The Kier molecular flexibility index (Phi) is 4.02. The number of halogens is 1. The predicted octanol–water partition coefficient (Wildman–Crippen LogP) is 4.00. The molecule has 0 spiro atoms. The Balaban J connectivity index is 2.08. The maximum Gasteiger partial charge on any atom is 0.323 e. The summed E-state index contributed by atoms with van der Waals surface area (Å²) < 4.78 is 0. The molecule has 0 fully saturated rings. The maximum atomic E-state index is 11.9. The normalized spacial score (nSPS) is 10.1. The van der Waals surface area contributed by atoms with Crippen molar-refractivity contribution in [3.8, 4) is 0 Å². The van der Waals surface area contributed by atoms with E-state index in [2.05, 4.69) is 15.6 Å². The summed E-state index contributed by atoms with van der Waals surface area (Å²) in [7, 11) is 0. The minimum Gasteiger partial charge on any atom is -0.307 e. The summed E-state index contributed by atoms with van der Waals surface area (Å²) in [5, 5.41) is 5.69. The first-order valence-corrected chi connectivity index (χ1v) is 6.20. The number of rotatable bonds is 2. The number of pyridine rings is 1. The minimum atomic E-state index is -0.346. The van der Waals surface area contributed by atoms with Crippen molar-refractivity contribution in [2.24, 2.45) is 0 Å².